The Kier molecular flexibility index (Phi) is 4.55. The van der Waals surface area contributed by atoms with Crippen molar-refractivity contribution in [3.63, 3.8) is 0 Å². The second-order valence-corrected chi connectivity index (χ2v) is 7.68. The van der Waals surface area contributed by atoms with Gasteiger partial charge in [0.1, 0.15) is 0 Å². The summed E-state index contributed by atoms with van der Waals surface area (Å²) < 4.78 is 0. The molecule has 120 valence electrons. The standard InChI is InChI=1S/C17H31N3O/c1-13-3-9-20(10-4-13)14(2)12-19-16(21)15-11-17(15)5-7-18-8-6-17/h13-15,18H,3-12H2,1-2H3,(H,19,21). The molecule has 0 aromatic heterocycles. The smallest absolute Gasteiger partial charge is 0.223 e. The highest BCUT2D eigenvalue weighted by atomic mass is 16.2. The van der Waals surface area contributed by atoms with Crippen molar-refractivity contribution in [2.24, 2.45) is 17.3 Å². The molecule has 3 rings (SSSR count). The van der Waals surface area contributed by atoms with Crippen LogP contribution in [0.25, 0.3) is 0 Å². The fourth-order valence-corrected chi connectivity index (χ4v) is 4.17. The topological polar surface area (TPSA) is 44.4 Å². The Labute approximate surface area is 129 Å². The molecule has 4 heteroatoms. The molecular formula is C17H31N3O. The van der Waals surface area contributed by atoms with Crippen LogP contribution in [0.15, 0.2) is 0 Å². The SMILES string of the molecule is CC1CCN(C(C)CNC(=O)C2CC23CCNCC3)CC1. The van der Waals surface area contributed by atoms with Gasteiger partial charge in [0.2, 0.25) is 5.91 Å². The van der Waals surface area contributed by atoms with Gasteiger partial charge in [-0.15, -0.1) is 0 Å². The van der Waals surface area contributed by atoms with Gasteiger partial charge in [-0.05, 0) is 76.5 Å². The van der Waals surface area contributed by atoms with E-state index in [0.717, 1.165) is 32.0 Å². The number of rotatable bonds is 4. The lowest BCUT2D eigenvalue weighted by atomic mass is 9.92. The second-order valence-electron chi connectivity index (χ2n) is 7.68. The van der Waals surface area contributed by atoms with Crippen molar-refractivity contribution >= 4 is 5.91 Å². The lowest BCUT2D eigenvalue weighted by molar-refractivity contribution is -0.123. The van der Waals surface area contributed by atoms with E-state index in [1.807, 2.05) is 0 Å². The van der Waals surface area contributed by atoms with Gasteiger partial charge < -0.3 is 10.6 Å². The number of likely N-dealkylation sites (tertiary alicyclic amines) is 1. The third-order valence-electron chi connectivity index (χ3n) is 6.12. The summed E-state index contributed by atoms with van der Waals surface area (Å²) in [6, 6.07) is 0.476. The Morgan fingerprint density at radius 1 is 1.33 bits per heavy atom. The molecular weight excluding hydrogens is 262 g/mol. The quantitative estimate of drug-likeness (QED) is 0.828. The first-order valence-corrected chi connectivity index (χ1v) is 8.83. The summed E-state index contributed by atoms with van der Waals surface area (Å²) in [5.74, 6) is 1.48. The molecule has 3 fully saturated rings. The van der Waals surface area contributed by atoms with Gasteiger partial charge in [0, 0.05) is 18.5 Å². The summed E-state index contributed by atoms with van der Waals surface area (Å²) in [7, 11) is 0. The number of hydrogen-bond donors (Lipinski definition) is 2. The van der Waals surface area contributed by atoms with Crippen molar-refractivity contribution in [3.05, 3.63) is 0 Å². The number of carbonyl (C=O) groups is 1. The lowest BCUT2D eigenvalue weighted by Gasteiger charge is -2.35. The molecule has 4 nitrogen and oxygen atoms in total. The molecule has 2 aliphatic heterocycles. The molecule has 1 aliphatic carbocycles. The Balaban J connectivity index is 1.40. The molecule has 0 bridgehead atoms. The maximum absolute atomic E-state index is 12.4. The van der Waals surface area contributed by atoms with E-state index in [1.165, 1.54) is 38.8 Å². The molecule has 2 unspecified atom stereocenters. The van der Waals surface area contributed by atoms with Crippen LogP contribution in [0.2, 0.25) is 0 Å². The summed E-state index contributed by atoms with van der Waals surface area (Å²) in [6.07, 6.45) is 6.10. The average molecular weight is 293 g/mol. The number of nitrogens with zero attached hydrogens (tertiary/aromatic N) is 1. The van der Waals surface area contributed by atoms with E-state index in [0.29, 0.717) is 23.3 Å². The number of piperidine rings is 2. The third-order valence-corrected chi connectivity index (χ3v) is 6.12. The predicted octanol–water partition coefficient (Wildman–Crippen LogP) is 1.61. The van der Waals surface area contributed by atoms with Gasteiger partial charge in [-0.25, -0.2) is 0 Å². The van der Waals surface area contributed by atoms with Crippen LogP contribution in [0.5, 0.6) is 0 Å². The van der Waals surface area contributed by atoms with Gasteiger partial charge in [0.15, 0.2) is 0 Å². The molecule has 1 saturated carbocycles. The molecule has 2 N–H and O–H groups in total. The van der Waals surface area contributed by atoms with E-state index in [-0.39, 0.29) is 0 Å². The molecule has 21 heavy (non-hydrogen) atoms. The molecule has 1 amide bonds. The van der Waals surface area contributed by atoms with Gasteiger partial charge >= 0.3 is 0 Å². The van der Waals surface area contributed by atoms with E-state index < -0.39 is 0 Å². The minimum Gasteiger partial charge on any atom is -0.354 e. The van der Waals surface area contributed by atoms with Crippen LogP contribution in [-0.2, 0) is 4.79 Å². The summed E-state index contributed by atoms with van der Waals surface area (Å²) in [5, 5.41) is 6.62. The zero-order chi connectivity index (χ0) is 14.9. The fourth-order valence-electron chi connectivity index (χ4n) is 4.17. The third kappa shape index (κ3) is 3.42. The molecule has 1 spiro atoms. The number of carbonyl (C=O) groups excluding carboxylic acids is 1. The number of amides is 1. The van der Waals surface area contributed by atoms with Crippen molar-refractivity contribution in [2.45, 2.75) is 52.0 Å². The highest BCUT2D eigenvalue weighted by molar-refractivity contribution is 5.82. The summed E-state index contributed by atoms with van der Waals surface area (Å²) >= 11 is 0. The van der Waals surface area contributed by atoms with Crippen LogP contribution in [0.1, 0.15) is 46.0 Å². The lowest BCUT2D eigenvalue weighted by Crippen LogP contribution is -2.46. The van der Waals surface area contributed by atoms with E-state index in [9.17, 15) is 4.79 Å². The van der Waals surface area contributed by atoms with E-state index in [4.69, 9.17) is 0 Å². The second kappa shape index (κ2) is 6.25. The van der Waals surface area contributed by atoms with E-state index in [2.05, 4.69) is 29.4 Å². The molecule has 0 radical (unpaired) electrons. The Hall–Kier alpha value is -0.610. The van der Waals surface area contributed by atoms with Gasteiger partial charge in [-0.3, -0.25) is 9.69 Å². The maximum atomic E-state index is 12.4. The van der Waals surface area contributed by atoms with Crippen LogP contribution < -0.4 is 10.6 Å². The minimum absolute atomic E-state index is 0.299. The van der Waals surface area contributed by atoms with Crippen LogP contribution >= 0.6 is 0 Å². The van der Waals surface area contributed by atoms with Crippen LogP contribution in [0.4, 0.5) is 0 Å². The zero-order valence-corrected chi connectivity index (χ0v) is 13.7. The molecule has 3 aliphatic rings. The Morgan fingerprint density at radius 2 is 2.00 bits per heavy atom. The monoisotopic (exact) mass is 293 g/mol. The number of nitrogens with one attached hydrogen (secondary N) is 2. The summed E-state index contributed by atoms with van der Waals surface area (Å²) in [4.78, 5) is 14.9. The first kappa shape index (κ1) is 15.3. The highest BCUT2D eigenvalue weighted by Crippen LogP contribution is 2.58. The molecule has 0 aromatic rings. The molecule has 2 saturated heterocycles. The maximum Gasteiger partial charge on any atom is 0.223 e. The minimum atomic E-state index is 0.299. The summed E-state index contributed by atoms with van der Waals surface area (Å²) in [5.41, 5.74) is 0.360. The van der Waals surface area contributed by atoms with Gasteiger partial charge in [-0.1, -0.05) is 6.92 Å². The van der Waals surface area contributed by atoms with Crippen molar-refractivity contribution in [2.75, 3.05) is 32.7 Å². The molecule has 2 atom stereocenters. The Bertz CT molecular complexity index is 370. The van der Waals surface area contributed by atoms with Crippen molar-refractivity contribution in [1.82, 2.24) is 15.5 Å². The van der Waals surface area contributed by atoms with Gasteiger partial charge in [-0.2, -0.15) is 0 Å². The fraction of sp³-hybridized carbons (Fsp3) is 0.941. The van der Waals surface area contributed by atoms with Crippen LogP contribution in [0.3, 0.4) is 0 Å². The van der Waals surface area contributed by atoms with Crippen molar-refractivity contribution < 1.29 is 4.79 Å². The normalized spacial score (nSPS) is 31.0. The largest absolute Gasteiger partial charge is 0.354 e. The molecule has 0 aromatic carbocycles. The molecule has 2 heterocycles. The van der Waals surface area contributed by atoms with E-state index in [1.54, 1.807) is 0 Å². The first-order chi connectivity index (χ1) is 10.1. The summed E-state index contributed by atoms with van der Waals surface area (Å²) in [6.45, 7) is 9.98. The van der Waals surface area contributed by atoms with Gasteiger partial charge in [0.05, 0.1) is 0 Å². The zero-order valence-electron chi connectivity index (χ0n) is 13.7. The van der Waals surface area contributed by atoms with E-state index >= 15 is 0 Å². The van der Waals surface area contributed by atoms with Crippen molar-refractivity contribution in [3.8, 4) is 0 Å². The van der Waals surface area contributed by atoms with Crippen LogP contribution in [-0.4, -0.2) is 49.6 Å². The van der Waals surface area contributed by atoms with Crippen LogP contribution in [0, 0.1) is 17.3 Å². The predicted molar refractivity (Wildman–Crippen MR) is 85.1 cm³/mol. The first-order valence-electron chi connectivity index (χ1n) is 8.83. The van der Waals surface area contributed by atoms with Gasteiger partial charge in [0.25, 0.3) is 0 Å². The number of hydrogen-bond acceptors (Lipinski definition) is 3. The Morgan fingerprint density at radius 3 is 2.67 bits per heavy atom. The average Bonchev–Trinajstić information content (AvgIpc) is 3.19. The van der Waals surface area contributed by atoms with Crippen molar-refractivity contribution in [1.29, 1.82) is 0 Å². The highest BCUT2D eigenvalue weighted by Gasteiger charge is 2.57.